The summed E-state index contributed by atoms with van der Waals surface area (Å²) in [6.07, 6.45) is 12.2. The maximum absolute atomic E-state index is 13.5. The van der Waals surface area contributed by atoms with Gasteiger partial charge in [-0.2, -0.15) is 0 Å². The average molecular weight is 438 g/mol. The molecule has 0 aromatic carbocycles. The Morgan fingerprint density at radius 3 is 2.53 bits per heavy atom. The van der Waals surface area contributed by atoms with Crippen LogP contribution in [0.5, 0.6) is 0 Å². The number of carbonyl (C=O) groups excluding carboxylic acids is 2. The van der Waals surface area contributed by atoms with Crippen LogP contribution in [0.4, 0.5) is 5.95 Å². The molecule has 2 amide bonds. The molecule has 32 heavy (non-hydrogen) atoms. The fourth-order valence-electron chi connectivity index (χ4n) is 8.00. The topological polar surface area (TPSA) is 69.6 Å². The van der Waals surface area contributed by atoms with Crippen molar-refractivity contribution >= 4 is 17.8 Å². The third-order valence-corrected chi connectivity index (χ3v) is 9.39. The maximum atomic E-state index is 13.5. The normalized spacial score (nSPS) is 36.6. The van der Waals surface area contributed by atoms with Gasteiger partial charge in [0.05, 0.1) is 5.41 Å². The first-order valence-corrected chi connectivity index (χ1v) is 12.7. The lowest BCUT2D eigenvalue weighted by atomic mass is 9.65. The fraction of sp³-hybridized carbons (Fsp3) is 0.760. The summed E-state index contributed by atoms with van der Waals surface area (Å²) in [6, 6.07) is 1.85. The van der Waals surface area contributed by atoms with Crippen molar-refractivity contribution in [3.05, 3.63) is 18.5 Å². The van der Waals surface area contributed by atoms with Gasteiger partial charge in [0.15, 0.2) is 0 Å². The number of unbranched alkanes of at least 4 members (excludes halogenated alkanes) is 1. The van der Waals surface area contributed by atoms with Crippen LogP contribution in [-0.4, -0.2) is 70.9 Å². The van der Waals surface area contributed by atoms with Gasteiger partial charge in [-0.05, 0) is 74.8 Å². The van der Waals surface area contributed by atoms with E-state index >= 15 is 0 Å². The molecule has 0 radical (unpaired) electrons. The van der Waals surface area contributed by atoms with Gasteiger partial charge in [-0.15, -0.1) is 0 Å². The highest BCUT2D eigenvalue weighted by Crippen LogP contribution is 2.68. The molecule has 5 fully saturated rings. The van der Waals surface area contributed by atoms with Gasteiger partial charge in [0, 0.05) is 51.5 Å². The molecule has 1 spiro atoms. The molecule has 5 atom stereocenters. The van der Waals surface area contributed by atoms with E-state index in [2.05, 4.69) is 19.8 Å². The molecule has 3 heterocycles. The van der Waals surface area contributed by atoms with Crippen molar-refractivity contribution in [3.63, 3.8) is 0 Å². The Labute approximate surface area is 190 Å². The van der Waals surface area contributed by atoms with E-state index in [1.54, 1.807) is 17.3 Å². The van der Waals surface area contributed by atoms with Crippen molar-refractivity contribution in [2.24, 2.45) is 29.1 Å². The number of nitrogens with zero attached hydrogens (tertiary/aromatic N) is 5. The summed E-state index contributed by atoms with van der Waals surface area (Å²) in [6.45, 7) is 5.55. The molecular weight excluding hydrogens is 402 g/mol. The highest BCUT2D eigenvalue weighted by Gasteiger charge is 2.67. The number of imide groups is 1. The van der Waals surface area contributed by atoms with Crippen molar-refractivity contribution in [2.75, 3.05) is 44.2 Å². The van der Waals surface area contributed by atoms with E-state index in [0.29, 0.717) is 24.8 Å². The predicted molar refractivity (Wildman–Crippen MR) is 121 cm³/mol. The zero-order chi connectivity index (χ0) is 21.7. The summed E-state index contributed by atoms with van der Waals surface area (Å²) in [7, 11) is 0. The molecule has 5 aliphatic rings. The second-order valence-electron chi connectivity index (χ2n) is 10.8. The van der Waals surface area contributed by atoms with Crippen LogP contribution in [0.1, 0.15) is 51.4 Å². The first-order chi connectivity index (χ1) is 15.7. The van der Waals surface area contributed by atoms with Crippen LogP contribution >= 0.6 is 0 Å². The van der Waals surface area contributed by atoms with Crippen LogP contribution in [0.25, 0.3) is 0 Å². The van der Waals surface area contributed by atoms with Crippen molar-refractivity contribution in [2.45, 2.75) is 51.4 Å². The van der Waals surface area contributed by atoms with Gasteiger partial charge >= 0.3 is 0 Å². The lowest BCUT2D eigenvalue weighted by molar-refractivity contribution is -0.143. The van der Waals surface area contributed by atoms with Crippen LogP contribution in [0.15, 0.2) is 18.5 Å². The van der Waals surface area contributed by atoms with Crippen LogP contribution in [-0.2, 0) is 9.59 Å². The van der Waals surface area contributed by atoms with Gasteiger partial charge in [0.1, 0.15) is 0 Å². The average Bonchev–Trinajstić information content (AvgIpc) is 3.56. The molecule has 2 bridgehead atoms. The molecule has 1 aromatic heterocycles. The van der Waals surface area contributed by atoms with E-state index in [9.17, 15) is 9.59 Å². The zero-order valence-electron chi connectivity index (χ0n) is 19.0. The summed E-state index contributed by atoms with van der Waals surface area (Å²) in [5.74, 6) is 3.90. The first kappa shape index (κ1) is 20.6. The molecule has 3 aliphatic carbocycles. The molecule has 7 heteroatoms. The number of likely N-dealkylation sites (tertiary alicyclic amines) is 1. The number of fused-ring (bicyclic) bond motifs is 6. The third-order valence-electron chi connectivity index (χ3n) is 9.39. The summed E-state index contributed by atoms with van der Waals surface area (Å²) >= 11 is 0. The minimum absolute atomic E-state index is 0.105. The smallest absolute Gasteiger partial charge is 0.236 e. The number of carbonyl (C=O) groups is 2. The molecule has 3 saturated carbocycles. The summed E-state index contributed by atoms with van der Waals surface area (Å²) in [5.41, 5.74) is -0.316. The number of hydrogen-bond acceptors (Lipinski definition) is 6. The van der Waals surface area contributed by atoms with Crippen molar-refractivity contribution < 1.29 is 9.59 Å². The highest BCUT2D eigenvalue weighted by molar-refractivity contribution is 6.06. The largest absolute Gasteiger partial charge is 0.338 e. The van der Waals surface area contributed by atoms with E-state index in [4.69, 9.17) is 0 Å². The SMILES string of the molecule is O=C1CC2(CC3CC2C2CCCC32)C(=O)N1CCCCN1CCN(c2ncccn2)CC1. The Bertz CT molecular complexity index is 870. The van der Waals surface area contributed by atoms with Gasteiger partial charge in [-0.1, -0.05) is 6.42 Å². The fourth-order valence-corrected chi connectivity index (χ4v) is 8.00. The van der Waals surface area contributed by atoms with Gasteiger partial charge < -0.3 is 4.90 Å². The van der Waals surface area contributed by atoms with Crippen LogP contribution in [0.2, 0.25) is 0 Å². The minimum Gasteiger partial charge on any atom is -0.338 e. The Morgan fingerprint density at radius 2 is 1.72 bits per heavy atom. The lowest BCUT2D eigenvalue weighted by Crippen LogP contribution is -2.47. The van der Waals surface area contributed by atoms with Crippen molar-refractivity contribution in [1.82, 2.24) is 19.8 Å². The molecule has 2 aliphatic heterocycles. The second-order valence-corrected chi connectivity index (χ2v) is 10.8. The summed E-state index contributed by atoms with van der Waals surface area (Å²) < 4.78 is 0. The molecule has 1 aromatic rings. The Balaban J connectivity index is 0.974. The Morgan fingerprint density at radius 1 is 0.969 bits per heavy atom. The number of hydrogen-bond donors (Lipinski definition) is 0. The van der Waals surface area contributed by atoms with Crippen LogP contribution in [0.3, 0.4) is 0 Å². The molecule has 0 N–H and O–H groups in total. The van der Waals surface area contributed by atoms with Gasteiger partial charge in [0.25, 0.3) is 0 Å². The minimum atomic E-state index is -0.316. The second kappa shape index (κ2) is 8.08. The van der Waals surface area contributed by atoms with Crippen LogP contribution < -0.4 is 4.90 Å². The maximum Gasteiger partial charge on any atom is 0.236 e. The van der Waals surface area contributed by atoms with E-state index in [1.165, 1.54) is 25.7 Å². The first-order valence-electron chi connectivity index (χ1n) is 12.7. The highest BCUT2D eigenvalue weighted by atomic mass is 16.2. The summed E-state index contributed by atoms with van der Waals surface area (Å²) in [4.78, 5) is 41.4. The standard InChI is InChI=1S/C25H35N5O2/c31-22-17-25(16-18-15-21(25)20-6-3-5-19(18)20)23(32)30(22)10-2-1-9-28-11-13-29(14-12-28)24-26-7-4-8-27-24/h4,7-8,18-21H,1-3,5-6,9-17H2. The molecular formula is C25H35N5O2. The number of rotatable bonds is 6. The molecule has 6 rings (SSSR count). The molecule has 2 saturated heterocycles. The number of amides is 2. The van der Waals surface area contributed by atoms with E-state index in [0.717, 1.165) is 69.8 Å². The molecule has 7 nitrogen and oxygen atoms in total. The molecule has 172 valence electrons. The van der Waals surface area contributed by atoms with Gasteiger partial charge in [-0.25, -0.2) is 9.97 Å². The summed E-state index contributed by atoms with van der Waals surface area (Å²) in [5, 5.41) is 0. The Kier molecular flexibility index (Phi) is 5.20. The van der Waals surface area contributed by atoms with Crippen molar-refractivity contribution in [1.29, 1.82) is 0 Å². The quantitative estimate of drug-likeness (QED) is 0.503. The van der Waals surface area contributed by atoms with Crippen LogP contribution in [0, 0.1) is 29.1 Å². The number of piperazine rings is 1. The zero-order valence-corrected chi connectivity index (χ0v) is 19.0. The number of aromatic nitrogens is 2. The third kappa shape index (κ3) is 3.27. The Hall–Kier alpha value is -2.02. The van der Waals surface area contributed by atoms with E-state index in [-0.39, 0.29) is 17.2 Å². The monoisotopic (exact) mass is 437 g/mol. The van der Waals surface area contributed by atoms with Crippen molar-refractivity contribution in [3.8, 4) is 0 Å². The lowest BCUT2D eigenvalue weighted by Gasteiger charge is -2.38. The van der Waals surface area contributed by atoms with E-state index < -0.39 is 0 Å². The number of anilines is 1. The van der Waals surface area contributed by atoms with Gasteiger partial charge in [-0.3, -0.25) is 19.4 Å². The van der Waals surface area contributed by atoms with E-state index in [1.807, 2.05) is 6.07 Å². The molecule has 5 unspecified atom stereocenters. The predicted octanol–water partition coefficient (Wildman–Crippen LogP) is 2.58. The van der Waals surface area contributed by atoms with Gasteiger partial charge in [0.2, 0.25) is 17.8 Å².